The molecule has 3 heterocycles. The lowest BCUT2D eigenvalue weighted by atomic mass is 10.1. The molecule has 0 saturated heterocycles. The fourth-order valence-corrected chi connectivity index (χ4v) is 3.74. The molecule has 0 radical (unpaired) electrons. The van der Waals surface area contributed by atoms with Crippen molar-refractivity contribution in [3.63, 3.8) is 0 Å². The van der Waals surface area contributed by atoms with Crippen LogP contribution in [-0.2, 0) is 11.3 Å². The van der Waals surface area contributed by atoms with Gasteiger partial charge in [0.25, 0.3) is 6.43 Å². The van der Waals surface area contributed by atoms with Crippen LogP contribution in [0.3, 0.4) is 0 Å². The Kier molecular flexibility index (Phi) is 6.37. The van der Waals surface area contributed by atoms with Crippen LogP contribution in [0, 0.1) is 0 Å². The van der Waals surface area contributed by atoms with Crippen molar-refractivity contribution >= 4 is 34.4 Å². The molecule has 1 amide bonds. The van der Waals surface area contributed by atoms with Crippen molar-refractivity contribution in [2.75, 3.05) is 16.8 Å². The quantitative estimate of drug-likeness (QED) is 0.379. The smallest absolute Gasteiger partial charge is 0.256 e. The van der Waals surface area contributed by atoms with Gasteiger partial charge in [-0.2, -0.15) is 0 Å². The van der Waals surface area contributed by atoms with Crippen LogP contribution in [0.4, 0.5) is 20.2 Å². The highest BCUT2D eigenvalue weighted by Gasteiger charge is 2.19. The van der Waals surface area contributed by atoms with Crippen molar-refractivity contribution in [3.8, 4) is 11.3 Å². The number of rotatable bonds is 7. The molecule has 5 nitrogen and oxygen atoms in total. The minimum Gasteiger partial charge on any atom is -0.380 e. The Morgan fingerprint density at radius 2 is 2.03 bits per heavy atom. The van der Waals surface area contributed by atoms with E-state index in [0.717, 1.165) is 27.2 Å². The average molecular weight is 455 g/mol. The molecule has 32 heavy (non-hydrogen) atoms. The molecule has 0 atom stereocenters. The zero-order valence-electron chi connectivity index (χ0n) is 17.3. The normalized spacial score (nSPS) is 11.2. The highest BCUT2D eigenvalue weighted by Crippen LogP contribution is 2.31. The van der Waals surface area contributed by atoms with Gasteiger partial charge in [-0.3, -0.25) is 9.78 Å². The summed E-state index contributed by atoms with van der Waals surface area (Å²) in [5.41, 5.74) is 4.81. The van der Waals surface area contributed by atoms with Gasteiger partial charge in [-0.05, 0) is 48.0 Å². The number of amides is 1. The Bertz CT molecular complexity index is 1240. The molecule has 1 aromatic carbocycles. The first kappa shape index (κ1) is 21.8. The van der Waals surface area contributed by atoms with Gasteiger partial charge < -0.3 is 14.6 Å². The number of carbonyl (C=O) groups excluding carboxylic acids is 1. The van der Waals surface area contributed by atoms with Gasteiger partial charge >= 0.3 is 0 Å². The van der Waals surface area contributed by atoms with Crippen molar-refractivity contribution in [2.24, 2.45) is 0 Å². The van der Waals surface area contributed by atoms with Gasteiger partial charge in [0.15, 0.2) is 0 Å². The van der Waals surface area contributed by atoms with Crippen LogP contribution in [0.25, 0.3) is 16.8 Å². The summed E-state index contributed by atoms with van der Waals surface area (Å²) < 4.78 is 27.7. The molecule has 0 unspecified atom stereocenters. The first-order valence-corrected chi connectivity index (χ1v) is 10.4. The van der Waals surface area contributed by atoms with Crippen molar-refractivity contribution in [3.05, 3.63) is 83.8 Å². The maximum absolute atomic E-state index is 12.8. The Balaban J connectivity index is 1.46. The molecule has 4 aromatic rings. The molecule has 1 N–H and O–H groups in total. The van der Waals surface area contributed by atoms with E-state index in [0.29, 0.717) is 12.2 Å². The van der Waals surface area contributed by atoms with Gasteiger partial charge in [-0.15, -0.1) is 0 Å². The van der Waals surface area contributed by atoms with E-state index < -0.39 is 18.9 Å². The highest BCUT2D eigenvalue weighted by atomic mass is 35.5. The number of pyridine rings is 2. The summed E-state index contributed by atoms with van der Waals surface area (Å²) in [6, 6.07) is 16.9. The summed E-state index contributed by atoms with van der Waals surface area (Å²) in [4.78, 5) is 17.2. The zero-order valence-corrected chi connectivity index (χ0v) is 18.1. The number of fused-ring (bicyclic) bond motifs is 1. The predicted octanol–water partition coefficient (Wildman–Crippen LogP) is 5.88. The number of carbonyl (C=O) groups is 1. The number of alkyl halides is 2. The summed E-state index contributed by atoms with van der Waals surface area (Å²) in [6.07, 6.45) is 3.15. The molecule has 8 heteroatoms. The van der Waals surface area contributed by atoms with E-state index >= 15 is 0 Å². The third kappa shape index (κ3) is 4.89. The number of hydrogen-bond acceptors (Lipinski definition) is 3. The molecule has 164 valence electrons. The number of benzene rings is 1. The fourth-order valence-electron chi connectivity index (χ4n) is 3.46. The monoisotopic (exact) mass is 454 g/mol. The van der Waals surface area contributed by atoms with E-state index in [2.05, 4.69) is 10.3 Å². The van der Waals surface area contributed by atoms with E-state index in [1.807, 2.05) is 53.2 Å². The van der Waals surface area contributed by atoms with Crippen molar-refractivity contribution in [1.29, 1.82) is 0 Å². The highest BCUT2D eigenvalue weighted by molar-refractivity contribution is 6.34. The zero-order chi connectivity index (χ0) is 22.7. The van der Waals surface area contributed by atoms with E-state index in [1.54, 1.807) is 24.4 Å². The van der Waals surface area contributed by atoms with Crippen LogP contribution in [0.1, 0.15) is 12.5 Å². The van der Waals surface area contributed by atoms with Gasteiger partial charge in [-0.1, -0.05) is 23.7 Å². The molecular weight excluding hydrogens is 434 g/mol. The molecule has 0 aliphatic carbocycles. The molecule has 3 aromatic heterocycles. The molecule has 0 aliphatic heterocycles. The number of aromatic nitrogens is 2. The maximum Gasteiger partial charge on any atom is 0.256 e. The molecule has 0 saturated carbocycles. The first-order chi connectivity index (χ1) is 15.4. The van der Waals surface area contributed by atoms with Crippen LogP contribution in [0.5, 0.6) is 0 Å². The minimum absolute atomic E-state index is 0.214. The van der Waals surface area contributed by atoms with Gasteiger partial charge in [0.2, 0.25) is 5.91 Å². The lowest BCUT2D eigenvalue weighted by molar-refractivity contribution is -0.117. The first-order valence-electron chi connectivity index (χ1n) is 10.0. The topological polar surface area (TPSA) is 49.6 Å². The largest absolute Gasteiger partial charge is 0.380 e. The van der Waals surface area contributed by atoms with Gasteiger partial charge in [-0.25, -0.2) is 8.78 Å². The van der Waals surface area contributed by atoms with Crippen LogP contribution in [0.2, 0.25) is 5.02 Å². The van der Waals surface area contributed by atoms with Gasteiger partial charge in [0.05, 0.1) is 28.6 Å². The van der Waals surface area contributed by atoms with Crippen LogP contribution < -0.4 is 10.2 Å². The predicted molar refractivity (Wildman–Crippen MR) is 123 cm³/mol. The number of halogens is 3. The van der Waals surface area contributed by atoms with Crippen LogP contribution in [0.15, 0.2) is 73.2 Å². The second-order valence-corrected chi connectivity index (χ2v) is 7.76. The standard InChI is InChI=1S/C24H21ClF2N4O/c1-16(32)31(15-24(26)27)23-9-5-18(11-21(23)25)22-8-4-17(13-29-22)12-28-19-6-7-20-3-2-10-30(20)14-19/h2-11,13-14,24,28H,12,15H2,1H3. The van der Waals surface area contributed by atoms with E-state index in [4.69, 9.17) is 11.6 Å². The van der Waals surface area contributed by atoms with Gasteiger partial charge in [0, 0.05) is 43.1 Å². The fraction of sp³-hybridized carbons (Fsp3) is 0.167. The molecule has 0 fully saturated rings. The van der Waals surface area contributed by atoms with E-state index in [1.165, 1.54) is 6.92 Å². The number of anilines is 2. The lowest BCUT2D eigenvalue weighted by Crippen LogP contribution is -2.33. The average Bonchev–Trinajstić information content (AvgIpc) is 3.24. The third-order valence-corrected chi connectivity index (χ3v) is 5.38. The lowest BCUT2D eigenvalue weighted by Gasteiger charge is -2.22. The van der Waals surface area contributed by atoms with Gasteiger partial charge in [0.1, 0.15) is 0 Å². The van der Waals surface area contributed by atoms with Crippen LogP contribution in [-0.4, -0.2) is 28.3 Å². The Morgan fingerprint density at radius 3 is 2.72 bits per heavy atom. The summed E-state index contributed by atoms with van der Waals surface area (Å²) in [7, 11) is 0. The Morgan fingerprint density at radius 1 is 1.19 bits per heavy atom. The third-order valence-electron chi connectivity index (χ3n) is 5.08. The molecule has 0 bridgehead atoms. The summed E-state index contributed by atoms with van der Waals surface area (Å²) in [6.45, 7) is 1.14. The number of nitrogens with zero attached hydrogens (tertiary/aromatic N) is 3. The molecular formula is C24H21ClF2N4O. The van der Waals surface area contributed by atoms with Crippen LogP contribution >= 0.6 is 11.6 Å². The van der Waals surface area contributed by atoms with Crippen molar-refractivity contribution in [1.82, 2.24) is 9.38 Å². The maximum atomic E-state index is 12.8. The van der Waals surface area contributed by atoms with E-state index in [-0.39, 0.29) is 10.7 Å². The number of nitrogens with one attached hydrogen (secondary N) is 1. The van der Waals surface area contributed by atoms with Crippen molar-refractivity contribution < 1.29 is 13.6 Å². The Hall–Kier alpha value is -3.45. The molecule has 0 spiro atoms. The number of hydrogen-bond donors (Lipinski definition) is 1. The second kappa shape index (κ2) is 9.36. The summed E-state index contributed by atoms with van der Waals surface area (Å²) >= 11 is 6.31. The summed E-state index contributed by atoms with van der Waals surface area (Å²) in [5, 5.41) is 3.59. The molecule has 4 rings (SSSR count). The van der Waals surface area contributed by atoms with Crippen molar-refractivity contribution in [2.45, 2.75) is 19.9 Å². The SMILES string of the molecule is CC(=O)N(CC(F)F)c1ccc(-c2ccc(CNc3ccc4cccn4c3)cn2)cc1Cl. The minimum atomic E-state index is -2.65. The molecule has 0 aliphatic rings. The summed E-state index contributed by atoms with van der Waals surface area (Å²) in [5.74, 6) is -0.495. The van der Waals surface area contributed by atoms with E-state index in [9.17, 15) is 13.6 Å². The Labute approximate surface area is 189 Å². The second-order valence-electron chi connectivity index (χ2n) is 7.35.